The van der Waals surface area contributed by atoms with E-state index in [-0.39, 0.29) is 12.1 Å². The first-order valence-corrected chi connectivity index (χ1v) is 11.0. The van der Waals surface area contributed by atoms with Crippen molar-refractivity contribution in [1.82, 2.24) is 14.8 Å². The van der Waals surface area contributed by atoms with Crippen LogP contribution in [0.2, 0.25) is 0 Å². The zero-order valence-electron chi connectivity index (χ0n) is 18.8. The quantitative estimate of drug-likeness (QED) is 0.721. The monoisotopic (exact) mass is 423 g/mol. The molecule has 0 unspecified atom stereocenters. The number of rotatable bonds is 5. The average molecular weight is 424 g/mol. The van der Waals surface area contributed by atoms with Crippen LogP contribution in [0, 0.1) is 5.92 Å². The van der Waals surface area contributed by atoms with Crippen LogP contribution in [0.3, 0.4) is 0 Å². The molecule has 3 rings (SSSR count). The standard InChI is InChI=1S/C24H33N5O2/c1-5-18-11-20(12-26-22(18)25)27-23(30)24(31)29-14-17(4)28(13-16(2)3)15-21(29)19-9-7-6-8-10-19/h6-12,16-17,21H,5,13-15H2,1-4H3,(H2,25,26)(H,27,30)/t17-,21-/m1/s1. The van der Waals surface area contributed by atoms with Crippen molar-refractivity contribution in [2.75, 3.05) is 30.7 Å². The molecule has 0 bridgehead atoms. The van der Waals surface area contributed by atoms with E-state index in [0.717, 1.165) is 17.7 Å². The molecule has 166 valence electrons. The zero-order valence-corrected chi connectivity index (χ0v) is 18.8. The summed E-state index contributed by atoms with van der Waals surface area (Å²) in [5, 5.41) is 2.71. The zero-order chi connectivity index (χ0) is 22.5. The maximum Gasteiger partial charge on any atom is 0.313 e. The van der Waals surface area contributed by atoms with E-state index >= 15 is 0 Å². The number of carbonyl (C=O) groups is 2. The number of hydrogen-bond donors (Lipinski definition) is 2. The molecule has 3 N–H and O–H groups in total. The van der Waals surface area contributed by atoms with E-state index in [1.807, 2.05) is 37.3 Å². The van der Waals surface area contributed by atoms with Gasteiger partial charge in [-0.25, -0.2) is 4.98 Å². The van der Waals surface area contributed by atoms with Crippen LogP contribution in [0.1, 0.15) is 44.9 Å². The normalized spacial score (nSPS) is 19.5. The molecule has 1 fully saturated rings. The van der Waals surface area contributed by atoms with Gasteiger partial charge in [0.25, 0.3) is 0 Å². The fourth-order valence-electron chi connectivity index (χ4n) is 4.12. The van der Waals surface area contributed by atoms with Crippen molar-refractivity contribution in [3.8, 4) is 0 Å². The predicted octanol–water partition coefficient (Wildman–Crippen LogP) is 3.09. The maximum absolute atomic E-state index is 13.2. The number of anilines is 2. The van der Waals surface area contributed by atoms with Crippen molar-refractivity contribution in [3.63, 3.8) is 0 Å². The second-order valence-corrected chi connectivity index (χ2v) is 8.66. The molecule has 2 heterocycles. The lowest BCUT2D eigenvalue weighted by atomic mass is 9.98. The molecule has 0 spiro atoms. The molecule has 1 aromatic heterocycles. The molecule has 1 aliphatic rings. The lowest BCUT2D eigenvalue weighted by molar-refractivity contribution is -0.148. The molecule has 1 aromatic carbocycles. The van der Waals surface area contributed by atoms with Gasteiger partial charge in [0.2, 0.25) is 0 Å². The first-order chi connectivity index (χ1) is 14.8. The Hall–Kier alpha value is -2.93. The lowest BCUT2D eigenvalue weighted by Gasteiger charge is -2.45. The molecule has 7 nitrogen and oxygen atoms in total. The van der Waals surface area contributed by atoms with Gasteiger partial charge in [-0.1, -0.05) is 51.1 Å². The van der Waals surface area contributed by atoms with Gasteiger partial charge >= 0.3 is 11.8 Å². The minimum atomic E-state index is -0.654. The van der Waals surface area contributed by atoms with Gasteiger partial charge in [-0.2, -0.15) is 0 Å². The van der Waals surface area contributed by atoms with Crippen LogP contribution < -0.4 is 11.1 Å². The highest BCUT2D eigenvalue weighted by atomic mass is 16.2. The summed E-state index contributed by atoms with van der Waals surface area (Å²) in [6.07, 6.45) is 2.18. The third kappa shape index (κ3) is 5.41. The maximum atomic E-state index is 13.2. The molecule has 2 amide bonds. The molecule has 2 atom stereocenters. The number of nitrogens with zero attached hydrogens (tertiary/aromatic N) is 3. The first kappa shape index (κ1) is 22.7. The van der Waals surface area contributed by atoms with Crippen LogP contribution in [0.25, 0.3) is 0 Å². The van der Waals surface area contributed by atoms with Gasteiger partial charge < -0.3 is 16.0 Å². The summed E-state index contributed by atoms with van der Waals surface area (Å²) >= 11 is 0. The number of carbonyl (C=O) groups excluding carboxylic acids is 2. The summed E-state index contributed by atoms with van der Waals surface area (Å²) in [5.41, 5.74) is 8.20. The van der Waals surface area contributed by atoms with Crippen molar-refractivity contribution in [2.45, 2.75) is 46.2 Å². The van der Waals surface area contributed by atoms with Gasteiger partial charge in [0, 0.05) is 25.7 Å². The number of benzene rings is 1. The number of aromatic nitrogens is 1. The van der Waals surface area contributed by atoms with Crippen LogP contribution in [0.5, 0.6) is 0 Å². The van der Waals surface area contributed by atoms with Crippen LogP contribution >= 0.6 is 0 Å². The van der Waals surface area contributed by atoms with Crippen molar-refractivity contribution in [1.29, 1.82) is 0 Å². The average Bonchev–Trinajstić information content (AvgIpc) is 2.76. The molecule has 0 aliphatic carbocycles. The van der Waals surface area contributed by atoms with Gasteiger partial charge in [-0.05, 0) is 36.5 Å². The Labute approximate surface area is 184 Å². The smallest absolute Gasteiger partial charge is 0.313 e. The Kier molecular flexibility index (Phi) is 7.28. The van der Waals surface area contributed by atoms with E-state index in [4.69, 9.17) is 5.73 Å². The second kappa shape index (κ2) is 9.92. The highest BCUT2D eigenvalue weighted by molar-refractivity contribution is 6.39. The summed E-state index contributed by atoms with van der Waals surface area (Å²) in [7, 11) is 0. The van der Waals surface area contributed by atoms with Gasteiger partial charge in [-0.15, -0.1) is 0 Å². The fourth-order valence-corrected chi connectivity index (χ4v) is 4.12. The number of aryl methyl sites for hydroxylation is 1. The van der Waals surface area contributed by atoms with Crippen LogP contribution in [0.15, 0.2) is 42.6 Å². The third-order valence-electron chi connectivity index (χ3n) is 5.75. The van der Waals surface area contributed by atoms with E-state index in [1.165, 1.54) is 6.20 Å². The molecular weight excluding hydrogens is 390 g/mol. The third-order valence-corrected chi connectivity index (χ3v) is 5.75. The predicted molar refractivity (Wildman–Crippen MR) is 123 cm³/mol. The largest absolute Gasteiger partial charge is 0.383 e. The van der Waals surface area contributed by atoms with E-state index in [0.29, 0.717) is 36.9 Å². The minimum Gasteiger partial charge on any atom is -0.383 e. The fraction of sp³-hybridized carbons (Fsp3) is 0.458. The van der Waals surface area contributed by atoms with Gasteiger partial charge in [0.1, 0.15) is 5.82 Å². The van der Waals surface area contributed by atoms with E-state index in [9.17, 15) is 9.59 Å². The van der Waals surface area contributed by atoms with Gasteiger partial charge in [0.05, 0.1) is 17.9 Å². The van der Waals surface area contributed by atoms with E-state index in [2.05, 4.69) is 36.0 Å². The number of nitrogen functional groups attached to an aromatic ring is 1. The Morgan fingerprint density at radius 2 is 1.94 bits per heavy atom. The molecular formula is C24H33N5O2. The molecule has 1 saturated heterocycles. The Morgan fingerprint density at radius 3 is 2.58 bits per heavy atom. The van der Waals surface area contributed by atoms with Crippen molar-refractivity contribution >= 4 is 23.3 Å². The highest BCUT2D eigenvalue weighted by Gasteiger charge is 2.37. The first-order valence-electron chi connectivity index (χ1n) is 11.0. The van der Waals surface area contributed by atoms with Crippen molar-refractivity contribution in [2.24, 2.45) is 5.92 Å². The molecule has 7 heteroatoms. The Morgan fingerprint density at radius 1 is 1.23 bits per heavy atom. The van der Waals surface area contributed by atoms with Crippen molar-refractivity contribution in [3.05, 3.63) is 53.7 Å². The summed E-state index contributed by atoms with van der Waals surface area (Å²) in [6, 6.07) is 11.7. The van der Waals surface area contributed by atoms with E-state index < -0.39 is 11.8 Å². The second-order valence-electron chi connectivity index (χ2n) is 8.66. The molecule has 31 heavy (non-hydrogen) atoms. The lowest BCUT2D eigenvalue weighted by Crippen LogP contribution is -2.57. The van der Waals surface area contributed by atoms with Gasteiger partial charge in [-0.3, -0.25) is 14.5 Å². The summed E-state index contributed by atoms with van der Waals surface area (Å²) < 4.78 is 0. The highest BCUT2D eigenvalue weighted by Crippen LogP contribution is 2.29. The van der Waals surface area contributed by atoms with Crippen LogP contribution in [-0.4, -0.2) is 52.3 Å². The summed E-state index contributed by atoms with van der Waals surface area (Å²) in [6.45, 7) is 10.6. The topological polar surface area (TPSA) is 91.6 Å². The number of nitrogens with two attached hydrogens (primary N) is 1. The molecule has 2 aromatic rings. The van der Waals surface area contributed by atoms with Crippen LogP contribution in [0.4, 0.5) is 11.5 Å². The number of nitrogens with one attached hydrogen (secondary N) is 1. The Balaban J connectivity index is 1.82. The Bertz CT molecular complexity index is 915. The summed E-state index contributed by atoms with van der Waals surface area (Å²) in [4.78, 5) is 34.3. The molecule has 1 aliphatic heterocycles. The number of amides is 2. The number of pyridine rings is 1. The molecule has 0 saturated carbocycles. The summed E-state index contributed by atoms with van der Waals surface area (Å²) in [5.74, 6) is -0.222. The molecule has 0 radical (unpaired) electrons. The van der Waals surface area contributed by atoms with Crippen molar-refractivity contribution < 1.29 is 9.59 Å². The van der Waals surface area contributed by atoms with E-state index in [1.54, 1.807) is 11.0 Å². The number of hydrogen-bond acceptors (Lipinski definition) is 5. The van der Waals surface area contributed by atoms with Crippen LogP contribution in [-0.2, 0) is 16.0 Å². The number of piperazine rings is 1. The minimum absolute atomic E-state index is 0.170. The SMILES string of the molecule is CCc1cc(NC(=O)C(=O)N2C[C@@H](C)N(CC(C)C)C[C@@H]2c2ccccc2)cnc1N. The van der Waals surface area contributed by atoms with Gasteiger partial charge in [0.15, 0.2) is 0 Å².